The highest BCUT2D eigenvalue weighted by atomic mass is 16.6. The lowest BCUT2D eigenvalue weighted by molar-refractivity contribution is -0.0672. The maximum Gasteiger partial charge on any atom is 0.351 e. The van der Waals surface area contributed by atoms with Crippen LogP contribution in [0.3, 0.4) is 0 Å². The van der Waals surface area contributed by atoms with E-state index in [4.69, 9.17) is 24.7 Å². The van der Waals surface area contributed by atoms with Gasteiger partial charge in [0, 0.05) is 27.5 Å². The fraction of sp³-hybridized carbons (Fsp3) is 0.667. The van der Waals surface area contributed by atoms with Crippen molar-refractivity contribution < 1.29 is 18.9 Å². The molecule has 20 heavy (non-hydrogen) atoms. The summed E-state index contributed by atoms with van der Waals surface area (Å²) >= 11 is 0. The van der Waals surface area contributed by atoms with Crippen LogP contribution in [-0.2, 0) is 18.9 Å². The molecule has 1 aliphatic heterocycles. The summed E-state index contributed by atoms with van der Waals surface area (Å²) in [6.07, 6.45) is -0.212. The lowest BCUT2D eigenvalue weighted by Gasteiger charge is -2.22. The summed E-state index contributed by atoms with van der Waals surface area (Å²) in [5, 5.41) is 0. The lowest BCUT2D eigenvalue weighted by Crippen LogP contribution is -2.38. The molecular formula is C12H19N3O5. The van der Waals surface area contributed by atoms with Crippen molar-refractivity contribution in [2.24, 2.45) is 0 Å². The quantitative estimate of drug-likeness (QED) is 0.771. The summed E-state index contributed by atoms with van der Waals surface area (Å²) in [5.41, 5.74) is 4.99. The Labute approximate surface area is 116 Å². The first-order valence-corrected chi connectivity index (χ1v) is 6.17. The molecule has 4 atom stereocenters. The van der Waals surface area contributed by atoms with Crippen molar-refractivity contribution in [3.05, 3.63) is 22.7 Å². The minimum atomic E-state index is -0.634. The van der Waals surface area contributed by atoms with Gasteiger partial charge in [-0.15, -0.1) is 0 Å². The number of hydrogen-bond donors (Lipinski definition) is 1. The third kappa shape index (κ3) is 2.68. The van der Waals surface area contributed by atoms with Crippen molar-refractivity contribution in [2.45, 2.75) is 24.5 Å². The van der Waals surface area contributed by atoms with Crippen LogP contribution in [0, 0.1) is 0 Å². The van der Waals surface area contributed by atoms with E-state index in [2.05, 4.69) is 4.98 Å². The number of nitrogens with two attached hydrogens (primary N) is 1. The highest BCUT2D eigenvalue weighted by Gasteiger charge is 2.46. The normalized spacial score (nSPS) is 29.8. The molecule has 112 valence electrons. The van der Waals surface area contributed by atoms with Crippen molar-refractivity contribution in [3.63, 3.8) is 0 Å². The van der Waals surface area contributed by atoms with E-state index >= 15 is 0 Å². The van der Waals surface area contributed by atoms with Crippen molar-refractivity contribution in [1.29, 1.82) is 0 Å². The summed E-state index contributed by atoms with van der Waals surface area (Å²) in [6.45, 7) is 0.339. The van der Waals surface area contributed by atoms with Crippen LogP contribution in [0.15, 0.2) is 17.1 Å². The molecule has 1 aliphatic rings. The molecule has 0 aromatic carbocycles. The number of aromatic nitrogens is 2. The summed E-state index contributed by atoms with van der Waals surface area (Å²) in [7, 11) is 4.68. The van der Waals surface area contributed by atoms with Crippen LogP contribution in [0.5, 0.6) is 0 Å². The Morgan fingerprint density at radius 3 is 2.60 bits per heavy atom. The van der Waals surface area contributed by atoms with Gasteiger partial charge in [-0.05, 0) is 6.07 Å². The van der Waals surface area contributed by atoms with Crippen LogP contribution in [0.2, 0.25) is 0 Å². The van der Waals surface area contributed by atoms with Gasteiger partial charge in [-0.3, -0.25) is 4.57 Å². The third-order valence-electron chi connectivity index (χ3n) is 3.29. The molecule has 0 radical (unpaired) electrons. The second kappa shape index (κ2) is 6.31. The first-order valence-electron chi connectivity index (χ1n) is 6.17. The zero-order chi connectivity index (χ0) is 14.7. The molecule has 8 nitrogen and oxygen atoms in total. The Morgan fingerprint density at radius 1 is 1.35 bits per heavy atom. The van der Waals surface area contributed by atoms with E-state index in [0.717, 1.165) is 0 Å². The van der Waals surface area contributed by atoms with Crippen LogP contribution < -0.4 is 11.4 Å². The zero-order valence-electron chi connectivity index (χ0n) is 11.7. The summed E-state index contributed by atoms with van der Waals surface area (Å²) < 4.78 is 23.1. The van der Waals surface area contributed by atoms with Gasteiger partial charge in [0.25, 0.3) is 0 Å². The van der Waals surface area contributed by atoms with Crippen molar-refractivity contribution in [3.8, 4) is 0 Å². The predicted molar refractivity (Wildman–Crippen MR) is 70.3 cm³/mol. The summed E-state index contributed by atoms with van der Waals surface area (Å²) in [4.78, 5) is 15.6. The van der Waals surface area contributed by atoms with E-state index in [-0.39, 0.29) is 18.0 Å². The molecule has 0 saturated carbocycles. The molecule has 1 fully saturated rings. The number of nitrogen functional groups attached to an aromatic ring is 1. The van der Waals surface area contributed by atoms with Crippen LogP contribution in [0.1, 0.15) is 6.23 Å². The number of hydrogen-bond acceptors (Lipinski definition) is 7. The summed E-state index contributed by atoms with van der Waals surface area (Å²) in [6, 6.07) is 1.53. The highest BCUT2D eigenvalue weighted by Crippen LogP contribution is 2.32. The number of methoxy groups -OCH3 is 3. The van der Waals surface area contributed by atoms with Gasteiger partial charge < -0.3 is 24.7 Å². The standard InChI is InChI=1S/C12H19N3O5/c1-17-6-7-9(18-2)10(19-3)11(20-7)15-5-4-8(13)14-12(15)16/h4-5,7,9-11H,6H2,1-3H3,(H2,13,14,16)/t7-,9-,10+,11-/m1/s1. The monoisotopic (exact) mass is 285 g/mol. The Balaban J connectivity index is 2.32. The number of nitrogens with zero attached hydrogens (tertiary/aromatic N) is 2. The van der Waals surface area contributed by atoms with Crippen molar-refractivity contribution >= 4 is 5.82 Å². The molecule has 8 heteroatoms. The molecule has 0 bridgehead atoms. The van der Waals surface area contributed by atoms with Gasteiger partial charge in [-0.25, -0.2) is 4.79 Å². The van der Waals surface area contributed by atoms with Gasteiger partial charge in [0.05, 0.1) is 6.61 Å². The van der Waals surface area contributed by atoms with Gasteiger partial charge in [0.15, 0.2) is 6.23 Å². The maximum atomic E-state index is 11.9. The molecule has 2 heterocycles. The van der Waals surface area contributed by atoms with E-state index in [0.29, 0.717) is 6.61 Å². The SMILES string of the molecule is COC[C@H]1O[C@@H](n2ccc(N)nc2=O)[C@@H](OC)[C@@H]1OC. The van der Waals surface area contributed by atoms with Crippen molar-refractivity contribution in [2.75, 3.05) is 33.7 Å². The fourth-order valence-corrected chi connectivity index (χ4v) is 2.39. The molecule has 0 aliphatic carbocycles. The van der Waals surface area contributed by atoms with Gasteiger partial charge in [0.2, 0.25) is 0 Å². The van der Waals surface area contributed by atoms with Crippen LogP contribution in [0.4, 0.5) is 5.82 Å². The fourth-order valence-electron chi connectivity index (χ4n) is 2.39. The lowest BCUT2D eigenvalue weighted by atomic mass is 10.1. The van der Waals surface area contributed by atoms with E-state index in [1.165, 1.54) is 23.9 Å². The maximum absolute atomic E-state index is 11.9. The number of rotatable bonds is 5. The number of ether oxygens (including phenoxy) is 4. The van der Waals surface area contributed by atoms with Crippen LogP contribution in [-0.4, -0.2) is 55.8 Å². The molecule has 1 saturated heterocycles. The Hall–Kier alpha value is -1.48. The average Bonchev–Trinajstić information content (AvgIpc) is 2.76. The first kappa shape index (κ1) is 14.9. The minimum absolute atomic E-state index is 0.162. The molecule has 0 unspecified atom stereocenters. The molecule has 2 N–H and O–H groups in total. The first-order chi connectivity index (χ1) is 9.62. The van der Waals surface area contributed by atoms with Crippen LogP contribution in [0.25, 0.3) is 0 Å². The van der Waals surface area contributed by atoms with Gasteiger partial charge >= 0.3 is 5.69 Å². The van der Waals surface area contributed by atoms with E-state index < -0.39 is 18.0 Å². The smallest absolute Gasteiger partial charge is 0.351 e. The minimum Gasteiger partial charge on any atom is -0.383 e. The van der Waals surface area contributed by atoms with Gasteiger partial charge in [-0.1, -0.05) is 0 Å². The molecule has 0 spiro atoms. The van der Waals surface area contributed by atoms with E-state index in [9.17, 15) is 4.79 Å². The zero-order valence-corrected chi connectivity index (χ0v) is 11.7. The van der Waals surface area contributed by atoms with Crippen LogP contribution >= 0.6 is 0 Å². The second-order valence-corrected chi connectivity index (χ2v) is 4.46. The topological polar surface area (TPSA) is 97.8 Å². The summed E-state index contributed by atoms with van der Waals surface area (Å²) in [5.74, 6) is 0.162. The van der Waals surface area contributed by atoms with Gasteiger partial charge in [-0.2, -0.15) is 4.98 Å². The van der Waals surface area contributed by atoms with E-state index in [1.807, 2.05) is 0 Å². The molecule has 1 aromatic rings. The van der Waals surface area contributed by atoms with Crippen molar-refractivity contribution in [1.82, 2.24) is 9.55 Å². The largest absolute Gasteiger partial charge is 0.383 e. The average molecular weight is 285 g/mol. The third-order valence-corrected chi connectivity index (χ3v) is 3.29. The Morgan fingerprint density at radius 2 is 2.05 bits per heavy atom. The molecule has 0 amide bonds. The Bertz CT molecular complexity index is 506. The molecule has 2 rings (SSSR count). The molecule has 1 aromatic heterocycles. The Kier molecular flexibility index (Phi) is 4.71. The molecular weight excluding hydrogens is 266 g/mol. The van der Waals surface area contributed by atoms with E-state index in [1.54, 1.807) is 14.2 Å². The number of anilines is 1. The second-order valence-electron chi connectivity index (χ2n) is 4.46. The predicted octanol–water partition coefficient (Wildman–Crippen LogP) is -0.601. The van der Waals surface area contributed by atoms with Gasteiger partial charge in [0.1, 0.15) is 24.1 Å². The highest BCUT2D eigenvalue weighted by molar-refractivity contribution is 5.23.